The summed E-state index contributed by atoms with van der Waals surface area (Å²) in [7, 11) is 1.64. The van der Waals surface area contributed by atoms with Crippen LogP contribution in [0.15, 0.2) is 41.8 Å². The van der Waals surface area contributed by atoms with Crippen molar-refractivity contribution in [1.82, 2.24) is 15.5 Å². The smallest absolute Gasteiger partial charge is 0.261 e. The minimum Gasteiger partial charge on any atom is -0.497 e. The van der Waals surface area contributed by atoms with Crippen LogP contribution < -0.4 is 20.3 Å². The first-order valence-corrected chi connectivity index (χ1v) is 10.2. The third kappa shape index (κ3) is 5.71. The predicted molar refractivity (Wildman–Crippen MR) is 111 cm³/mol. The van der Waals surface area contributed by atoms with Crippen LogP contribution in [0.2, 0.25) is 0 Å². The molecule has 3 amide bonds. The van der Waals surface area contributed by atoms with Crippen LogP contribution in [0.1, 0.15) is 9.67 Å². The number of carbonyl (C=O) groups excluding carboxylic acids is 3. The van der Waals surface area contributed by atoms with E-state index in [4.69, 9.17) is 4.74 Å². The number of nitrogens with one attached hydrogen (secondary N) is 2. The van der Waals surface area contributed by atoms with Gasteiger partial charge < -0.3 is 25.2 Å². The maximum Gasteiger partial charge on any atom is 0.261 e. The number of methoxy groups -OCH3 is 1. The largest absolute Gasteiger partial charge is 0.497 e. The molecule has 3 rings (SSSR count). The molecule has 0 bridgehead atoms. The Morgan fingerprint density at radius 1 is 1.03 bits per heavy atom. The van der Waals surface area contributed by atoms with E-state index in [1.807, 2.05) is 24.3 Å². The molecule has 0 atom stereocenters. The molecule has 1 aliphatic rings. The lowest BCUT2D eigenvalue weighted by molar-refractivity contribution is -0.132. The van der Waals surface area contributed by atoms with E-state index < -0.39 is 5.91 Å². The number of hydrogen-bond donors (Lipinski definition) is 2. The SMILES string of the molecule is COc1cccc(N2CCN(C(=O)CNC(=O)CNC(=O)c3cccs3)CC2)c1. The number of benzene rings is 1. The van der Waals surface area contributed by atoms with Gasteiger partial charge in [0.05, 0.1) is 25.1 Å². The van der Waals surface area contributed by atoms with Crippen LogP contribution in [0.3, 0.4) is 0 Å². The highest BCUT2D eigenvalue weighted by atomic mass is 32.1. The highest BCUT2D eigenvalue weighted by Gasteiger charge is 2.22. The fourth-order valence-electron chi connectivity index (χ4n) is 3.03. The first-order chi connectivity index (χ1) is 14.1. The van der Waals surface area contributed by atoms with Gasteiger partial charge in [0.2, 0.25) is 11.8 Å². The van der Waals surface area contributed by atoms with Crippen LogP contribution >= 0.6 is 11.3 Å². The Hall–Kier alpha value is -3.07. The van der Waals surface area contributed by atoms with E-state index in [1.54, 1.807) is 29.5 Å². The Balaban J connectivity index is 1.38. The molecule has 1 saturated heterocycles. The Labute approximate surface area is 173 Å². The summed E-state index contributed by atoms with van der Waals surface area (Å²) < 4.78 is 5.26. The molecular formula is C20H24N4O4S. The van der Waals surface area contributed by atoms with Crippen LogP contribution in [0.5, 0.6) is 5.75 Å². The minimum atomic E-state index is -0.390. The lowest BCUT2D eigenvalue weighted by Gasteiger charge is -2.36. The number of thiophene rings is 1. The zero-order valence-electron chi connectivity index (χ0n) is 16.2. The van der Waals surface area contributed by atoms with Gasteiger partial charge in [0.1, 0.15) is 5.75 Å². The van der Waals surface area contributed by atoms with Gasteiger partial charge in [0.25, 0.3) is 5.91 Å². The summed E-state index contributed by atoms with van der Waals surface area (Å²) in [6, 6.07) is 11.3. The van der Waals surface area contributed by atoms with Gasteiger partial charge in [-0.1, -0.05) is 12.1 Å². The Bertz CT molecular complexity index is 848. The molecule has 2 aromatic rings. The number of amides is 3. The van der Waals surface area contributed by atoms with Gasteiger partial charge in [-0.05, 0) is 23.6 Å². The molecule has 0 radical (unpaired) electrons. The summed E-state index contributed by atoms with van der Waals surface area (Å²) in [4.78, 5) is 40.5. The lowest BCUT2D eigenvalue weighted by Crippen LogP contribution is -2.51. The molecule has 9 heteroatoms. The second-order valence-electron chi connectivity index (χ2n) is 6.51. The van der Waals surface area contributed by atoms with Crippen molar-refractivity contribution in [2.75, 3.05) is 51.3 Å². The van der Waals surface area contributed by atoms with Crippen LogP contribution in [0.4, 0.5) is 5.69 Å². The van der Waals surface area contributed by atoms with Crippen molar-refractivity contribution < 1.29 is 19.1 Å². The van der Waals surface area contributed by atoms with Crippen LogP contribution in [0.25, 0.3) is 0 Å². The lowest BCUT2D eigenvalue weighted by atomic mass is 10.2. The molecule has 0 saturated carbocycles. The van der Waals surface area contributed by atoms with E-state index in [-0.39, 0.29) is 24.9 Å². The van der Waals surface area contributed by atoms with E-state index in [2.05, 4.69) is 15.5 Å². The van der Waals surface area contributed by atoms with Crippen molar-refractivity contribution in [1.29, 1.82) is 0 Å². The third-order valence-electron chi connectivity index (χ3n) is 4.64. The Morgan fingerprint density at radius 2 is 1.83 bits per heavy atom. The second kappa shape index (κ2) is 9.92. The van der Waals surface area contributed by atoms with Crippen LogP contribution in [-0.4, -0.2) is 69.0 Å². The monoisotopic (exact) mass is 416 g/mol. The Morgan fingerprint density at radius 3 is 2.52 bits per heavy atom. The van der Waals surface area contributed by atoms with Crippen molar-refractivity contribution >= 4 is 34.7 Å². The summed E-state index contributed by atoms with van der Waals surface area (Å²) >= 11 is 1.30. The first kappa shape index (κ1) is 20.7. The molecule has 1 aliphatic heterocycles. The molecule has 29 heavy (non-hydrogen) atoms. The average Bonchev–Trinajstić information content (AvgIpc) is 3.31. The first-order valence-electron chi connectivity index (χ1n) is 9.32. The number of piperazine rings is 1. The normalized spacial score (nSPS) is 13.7. The average molecular weight is 417 g/mol. The number of anilines is 1. The summed E-state index contributed by atoms with van der Waals surface area (Å²) in [5.41, 5.74) is 1.06. The van der Waals surface area contributed by atoms with Crippen molar-refractivity contribution in [3.8, 4) is 5.75 Å². The highest BCUT2D eigenvalue weighted by molar-refractivity contribution is 7.12. The number of hydrogen-bond acceptors (Lipinski definition) is 6. The maximum absolute atomic E-state index is 12.4. The van der Waals surface area contributed by atoms with E-state index in [9.17, 15) is 14.4 Å². The molecule has 154 valence electrons. The summed E-state index contributed by atoms with van der Waals surface area (Å²) in [6.07, 6.45) is 0. The van der Waals surface area contributed by atoms with Gasteiger partial charge in [0, 0.05) is 37.9 Å². The summed E-state index contributed by atoms with van der Waals surface area (Å²) in [6.45, 7) is 2.36. The minimum absolute atomic E-state index is 0.0765. The molecule has 0 spiro atoms. The van der Waals surface area contributed by atoms with Crippen molar-refractivity contribution in [2.45, 2.75) is 0 Å². The number of carbonyl (C=O) groups is 3. The van der Waals surface area contributed by atoms with E-state index in [0.717, 1.165) is 11.4 Å². The van der Waals surface area contributed by atoms with Gasteiger partial charge >= 0.3 is 0 Å². The molecular weight excluding hydrogens is 392 g/mol. The van der Waals surface area contributed by atoms with E-state index in [1.165, 1.54) is 11.3 Å². The fourth-order valence-corrected chi connectivity index (χ4v) is 3.67. The van der Waals surface area contributed by atoms with E-state index >= 15 is 0 Å². The van der Waals surface area contributed by atoms with Crippen LogP contribution in [-0.2, 0) is 9.59 Å². The van der Waals surface area contributed by atoms with Crippen molar-refractivity contribution in [2.24, 2.45) is 0 Å². The van der Waals surface area contributed by atoms with Crippen molar-refractivity contribution in [3.05, 3.63) is 46.7 Å². The standard InChI is InChI=1S/C20H24N4O4S/c1-28-16-5-2-4-15(12-16)23-7-9-24(10-8-23)19(26)14-21-18(25)13-22-20(27)17-6-3-11-29-17/h2-6,11-12H,7-10,13-14H2,1H3,(H,21,25)(H,22,27). The molecule has 0 aliphatic carbocycles. The van der Waals surface area contributed by atoms with Gasteiger partial charge in [-0.2, -0.15) is 0 Å². The Kier molecular flexibility index (Phi) is 7.07. The van der Waals surface area contributed by atoms with Gasteiger partial charge in [-0.25, -0.2) is 0 Å². The number of rotatable bonds is 7. The highest BCUT2D eigenvalue weighted by Crippen LogP contribution is 2.22. The zero-order valence-corrected chi connectivity index (χ0v) is 17.0. The maximum atomic E-state index is 12.4. The van der Waals surface area contributed by atoms with E-state index in [0.29, 0.717) is 31.1 Å². The number of nitrogens with zero attached hydrogens (tertiary/aromatic N) is 2. The summed E-state index contributed by atoms with van der Waals surface area (Å²) in [5, 5.41) is 6.90. The van der Waals surface area contributed by atoms with Crippen molar-refractivity contribution in [3.63, 3.8) is 0 Å². The molecule has 1 aromatic carbocycles. The molecule has 1 fully saturated rings. The van der Waals surface area contributed by atoms with Gasteiger partial charge in [0.15, 0.2) is 0 Å². The molecule has 0 unspecified atom stereocenters. The number of ether oxygens (including phenoxy) is 1. The quantitative estimate of drug-likeness (QED) is 0.701. The molecule has 2 heterocycles. The fraction of sp³-hybridized carbons (Fsp3) is 0.350. The predicted octanol–water partition coefficient (Wildman–Crippen LogP) is 0.952. The third-order valence-corrected chi connectivity index (χ3v) is 5.51. The molecule has 2 N–H and O–H groups in total. The molecule has 1 aromatic heterocycles. The zero-order chi connectivity index (χ0) is 20.6. The van der Waals surface area contributed by atoms with Gasteiger partial charge in [-0.3, -0.25) is 14.4 Å². The topological polar surface area (TPSA) is 91.0 Å². The molecule has 8 nitrogen and oxygen atoms in total. The summed E-state index contributed by atoms with van der Waals surface area (Å²) in [5.74, 6) is -0.0171. The van der Waals surface area contributed by atoms with Crippen LogP contribution in [0, 0.1) is 0 Å². The van der Waals surface area contributed by atoms with Gasteiger partial charge in [-0.15, -0.1) is 11.3 Å². The second-order valence-corrected chi connectivity index (χ2v) is 7.45.